The number of urea groups is 1. The number of benzene rings is 3. The third kappa shape index (κ3) is 11.0. The average Bonchev–Trinajstić information content (AvgIpc) is 3.43. The van der Waals surface area contributed by atoms with Gasteiger partial charge >= 0.3 is 12.1 Å². The molecule has 9 heteroatoms. The van der Waals surface area contributed by atoms with E-state index in [9.17, 15) is 9.59 Å². The Morgan fingerprint density at radius 3 is 2.49 bits per heavy atom. The SMILES string of the molecule is CC1(C)OCc2cc(C3CN(CCCCCCOCCCCc4cccc(CCNC(=O)Nc5ccccc5)c4)C(=O)O3)ccc2O1. The zero-order chi connectivity index (χ0) is 32.9. The normalized spacial score (nSPS) is 16.7. The van der Waals surface area contributed by atoms with Crippen molar-refractivity contribution in [3.8, 4) is 5.75 Å². The molecular formula is C38H49N3O6. The summed E-state index contributed by atoms with van der Waals surface area (Å²) in [5.74, 6) is 0.197. The monoisotopic (exact) mass is 643 g/mol. The molecule has 0 bridgehead atoms. The number of fused-ring (bicyclic) bond motifs is 1. The van der Waals surface area contributed by atoms with Crippen LogP contribution in [0.2, 0.25) is 0 Å². The van der Waals surface area contributed by atoms with E-state index in [0.717, 1.165) is 87.1 Å². The molecule has 0 aliphatic carbocycles. The van der Waals surface area contributed by atoms with Crippen molar-refractivity contribution in [1.29, 1.82) is 0 Å². The van der Waals surface area contributed by atoms with Gasteiger partial charge in [0, 0.05) is 51.4 Å². The minimum Gasteiger partial charge on any atom is -0.463 e. The summed E-state index contributed by atoms with van der Waals surface area (Å²) in [6.07, 6.45) is 7.56. The lowest BCUT2D eigenvalue weighted by atomic mass is 10.0. The Bertz CT molecular complexity index is 1450. The fourth-order valence-electron chi connectivity index (χ4n) is 5.88. The second-order valence-electron chi connectivity index (χ2n) is 12.8. The van der Waals surface area contributed by atoms with E-state index in [2.05, 4.69) is 34.9 Å². The Balaban J connectivity index is 0.865. The number of aryl methyl sites for hydroxylation is 1. The van der Waals surface area contributed by atoms with Crippen molar-refractivity contribution in [3.63, 3.8) is 0 Å². The molecule has 1 unspecified atom stereocenters. The van der Waals surface area contributed by atoms with Gasteiger partial charge in [-0.15, -0.1) is 0 Å². The molecule has 1 fully saturated rings. The van der Waals surface area contributed by atoms with Crippen LogP contribution in [0.5, 0.6) is 5.75 Å². The van der Waals surface area contributed by atoms with Crippen LogP contribution in [0.3, 0.4) is 0 Å². The van der Waals surface area contributed by atoms with Gasteiger partial charge in [0.1, 0.15) is 11.9 Å². The minimum atomic E-state index is -0.627. The molecule has 5 rings (SSSR count). The fourth-order valence-corrected chi connectivity index (χ4v) is 5.88. The Morgan fingerprint density at radius 2 is 1.66 bits per heavy atom. The van der Waals surface area contributed by atoms with Crippen LogP contribution in [-0.2, 0) is 33.7 Å². The van der Waals surface area contributed by atoms with Crippen molar-refractivity contribution < 1.29 is 28.5 Å². The number of nitrogens with zero attached hydrogens (tertiary/aromatic N) is 1. The number of hydrogen-bond acceptors (Lipinski definition) is 6. The summed E-state index contributed by atoms with van der Waals surface area (Å²) in [7, 11) is 0. The number of cyclic esters (lactones) is 1. The lowest BCUT2D eigenvalue weighted by molar-refractivity contribution is -0.180. The molecule has 3 aromatic rings. The van der Waals surface area contributed by atoms with Gasteiger partial charge in [0.25, 0.3) is 0 Å². The van der Waals surface area contributed by atoms with Gasteiger partial charge in [-0.25, -0.2) is 9.59 Å². The van der Waals surface area contributed by atoms with E-state index in [0.29, 0.717) is 26.2 Å². The molecule has 2 N–H and O–H groups in total. The van der Waals surface area contributed by atoms with Crippen molar-refractivity contribution >= 4 is 17.8 Å². The molecule has 3 aromatic carbocycles. The van der Waals surface area contributed by atoms with E-state index in [1.807, 2.05) is 67.3 Å². The van der Waals surface area contributed by atoms with Crippen molar-refractivity contribution in [2.24, 2.45) is 0 Å². The van der Waals surface area contributed by atoms with E-state index in [4.69, 9.17) is 18.9 Å². The largest absolute Gasteiger partial charge is 0.463 e. The third-order valence-electron chi connectivity index (χ3n) is 8.47. The number of unbranched alkanes of at least 4 members (excludes halogenated alkanes) is 4. The maximum absolute atomic E-state index is 12.5. The number of carbonyl (C=O) groups excluding carboxylic acids is 2. The first kappa shape index (κ1) is 34.3. The number of nitrogens with one attached hydrogen (secondary N) is 2. The average molecular weight is 644 g/mol. The third-order valence-corrected chi connectivity index (χ3v) is 8.47. The molecule has 1 atom stereocenters. The van der Waals surface area contributed by atoms with Crippen LogP contribution in [0.1, 0.15) is 80.7 Å². The van der Waals surface area contributed by atoms with Crippen molar-refractivity contribution in [3.05, 3.63) is 95.1 Å². The lowest BCUT2D eigenvalue weighted by Gasteiger charge is -2.32. The minimum absolute atomic E-state index is 0.187. The summed E-state index contributed by atoms with van der Waals surface area (Å²) in [5.41, 5.74) is 5.29. The van der Waals surface area contributed by atoms with E-state index < -0.39 is 5.79 Å². The number of amides is 3. The first-order valence-corrected chi connectivity index (χ1v) is 17.0. The van der Waals surface area contributed by atoms with Crippen LogP contribution in [0.25, 0.3) is 0 Å². The van der Waals surface area contributed by atoms with Gasteiger partial charge in [-0.3, -0.25) is 0 Å². The molecule has 47 heavy (non-hydrogen) atoms. The van der Waals surface area contributed by atoms with Gasteiger partial charge in [-0.1, -0.05) is 61.4 Å². The molecule has 3 amide bonds. The Labute approximate surface area is 278 Å². The number of anilines is 1. The van der Waals surface area contributed by atoms with Crippen molar-refractivity contribution in [2.75, 3.05) is 38.2 Å². The zero-order valence-electron chi connectivity index (χ0n) is 27.8. The van der Waals surface area contributed by atoms with E-state index in [-0.39, 0.29) is 18.2 Å². The lowest BCUT2D eigenvalue weighted by Crippen LogP contribution is -2.35. The van der Waals surface area contributed by atoms with Crippen LogP contribution in [-0.4, -0.2) is 55.7 Å². The number of carbonyl (C=O) groups is 2. The second-order valence-corrected chi connectivity index (χ2v) is 12.8. The molecule has 1 saturated heterocycles. The highest BCUT2D eigenvalue weighted by Gasteiger charge is 2.33. The van der Waals surface area contributed by atoms with E-state index in [1.165, 1.54) is 11.1 Å². The van der Waals surface area contributed by atoms with Gasteiger partial charge in [-0.2, -0.15) is 0 Å². The first-order chi connectivity index (χ1) is 22.8. The number of hydrogen-bond donors (Lipinski definition) is 2. The first-order valence-electron chi connectivity index (χ1n) is 17.0. The molecule has 0 spiro atoms. The highest BCUT2D eigenvalue weighted by molar-refractivity contribution is 5.89. The number of ether oxygens (including phenoxy) is 4. The molecule has 0 saturated carbocycles. The Morgan fingerprint density at radius 1 is 0.894 bits per heavy atom. The maximum atomic E-state index is 12.5. The fraction of sp³-hybridized carbons (Fsp3) is 0.474. The van der Waals surface area contributed by atoms with Gasteiger partial charge in [0.05, 0.1) is 13.2 Å². The van der Waals surface area contributed by atoms with E-state index >= 15 is 0 Å². The van der Waals surface area contributed by atoms with Gasteiger partial charge in [0.15, 0.2) is 0 Å². The molecule has 2 aliphatic heterocycles. The maximum Gasteiger partial charge on any atom is 0.410 e. The van der Waals surface area contributed by atoms with E-state index in [1.54, 1.807) is 0 Å². The van der Waals surface area contributed by atoms with Crippen molar-refractivity contribution in [2.45, 2.75) is 83.7 Å². The van der Waals surface area contributed by atoms with Crippen molar-refractivity contribution in [1.82, 2.24) is 10.2 Å². The summed E-state index contributed by atoms with van der Waals surface area (Å²) in [4.78, 5) is 26.4. The van der Waals surface area contributed by atoms with Gasteiger partial charge in [-0.05, 0) is 79.5 Å². The number of rotatable bonds is 17. The van der Waals surface area contributed by atoms with Crippen LogP contribution in [0.15, 0.2) is 72.8 Å². The molecular weight excluding hydrogens is 594 g/mol. The molecule has 0 radical (unpaired) electrons. The summed E-state index contributed by atoms with van der Waals surface area (Å²) in [6.45, 7) is 7.71. The van der Waals surface area contributed by atoms with Crippen LogP contribution in [0, 0.1) is 0 Å². The second kappa shape index (κ2) is 17.2. The molecule has 252 valence electrons. The van der Waals surface area contributed by atoms with Crippen LogP contribution in [0.4, 0.5) is 15.3 Å². The summed E-state index contributed by atoms with van der Waals surface area (Å²) in [6, 6.07) is 23.8. The summed E-state index contributed by atoms with van der Waals surface area (Å²) >= 11 is 0. The molecule has 2 heterocycles. The smallest absolute Gasteiger partial charge is 0.410 e. The summed E-state index contributed by atoms with van der Waals surface area (Å²) in [5, 5.41) is 5.77. The predicted octanol–water partition coefficient (Wildman–Crippen LogP) is 7.79. The van der Waals surface area contributed by atoms with Crippen LogP contribution < -0.4 is 15.4 Å². The zero-order valence-corrected chi connectivity index (χ0v) is 27.8. The molecule has 9 nitrogen and oxygen atoms in total. The van der Waals surface area contributed by atoms with Gasteiger partial charge < -0.3 is 34.5 Å². The molecule has 2 aliphatic rings. The molecule has 0 aromatic heterocycles. The number of para-hydroxylation sites is 1. The topological polar surface area (TPSA) is 98.4 Å². The Kier molecular flexibility index (Phi) is 12.5. The Hall–Kier alpha value is -4.08. The van der Waals surface area contributed by atoms with Gasteiger partial charge in [0.2, 0.25) is 5.79 Å². The standard InChI is InChI=1S/C38H49N3O6/c1-38(2)45-28-32-26-31(18-19-34(32)47-38)35-27-41(37(43)46-35)22-9-3-4-10-23-44-24-11-8-13-29-14-12-15-30(25-29)20-21-39-36(42)40-33-16-6-5-7-17-33/h5-7,12,14-19,25-26,35H,3-4,8-11,13,20-24,27-28H2,1-2H3,(H2,39,40,42). The predicted molar refractivity (Wildman–Crippen MR) is 183 cm³/mol. The van der Waals surface area contributed by atoms with Crippen LogP contribution >= 0.6 is 0 Å². The summed E-state index contributed by atoms with van der Waals surface area (Å²) < 4.78 is 23.2. The highest BCUT2D eigenvalue weighted by Crippen LogP contribution is 2.35. The highest BCUT2D eigenvalue weighted by atomic mass is 16.7. The quantitative estimate of drug-likeness (QED) is 0.146.